The van der Waals surface area contributed by atoms with Gasteiger partial charge in [0.05, 0.1) is 0 Å². The first kappa shape index (κ1) is 12.9. The minimum absolute atomic E-state index is 0.0274. The van der Waals surface area contributed by atoms with Crippen LogP contribution < -0.4 is 11.1 Å². The lowest BCUT2D eigenvalue weighted by Crippen LogP contribution is -2.34. The van der Waals surface area contributed by atoms with Crippen molar-refractivity contribution in [1.82, 2.24) is 5.32 Å². The quantitative estimate of drug-likeness (QED) is 0.356. The number of primary amides is 1. The van der Waals surface area contributed by atoms with Crippen LogP contribution in [0.15, 0.2) is 0 Å². The van der Waals surface area contributed by atoms with E-state index in [4.69, 9.17) is 11.3 Å². The lowest BCUT2D eigenvalue weighted by atomic mass is 9.98. The van der Waals surface area contributed by atoms with Crippen LogP contribution in [-0.4, -0.2) is 41.4 Å². The second kappa shape index (κ2) is 5.76. The molecule has 0 aromatic heterocycles. The highest BCUT2D eigenvalue weighted by Crippen LogP contribution is 2.18. The first-order valence-corrected chi connectivity index (χ1v) is 4.99. The fourth-order valence-electron chi connectivity index (χ4n) is 1.63. The number of nitrogens with two attached hydrogens (primary N) is 1. The van der Waals surface area contributed by atoms with Gasteiger partial charge in [0.25, 0.3) is 5.78 Å². The van der Waals surface area contributed by atoms with E-state index in [2.05, 4.69) is 14.8 Å². The Bertz CT molecular complexity index is 388. The average molecular weight is 240 g/mol. The van der Waals surface area contributed by atoms with Gasteiger partial charge in [-0.25, -0.2) is 4.79 Å². The number of carbonyl (C=O) groups is 3. The fourth-order valence-corrected chi connectivity index (χ4v) is 1.63. The van der Waals surface area contributed by atoms with E-state index in [0.717, 1.165) is 0 Å². The molecule has 1 fully saturated rings. The van der Waals surface area contributed by atoms with Crippen molar-refractivity contribution in [1.29, 1.82) is 0 Å². The molecular weight excluding hydrogens is 228 g/mol. The molecule has 8 nitrogen and oxygen atoms in total. The standard InChI is InChI=1S/C9H12N4O4/c10-9(16)17-7(6(14)4-13-11)3-5-1-2-12-8(5)15/h4-5,7H,1-3H2,(H2,10,16)(H,12,15). The molecule has 0 radical (unpaired) electrons. The predicted molar refractivity (Wildman–Crippen MR) is 54.9 cm³/mol. The van der Waals surface area contributed by atoms with E-state index in [1.54, 1.807) is 0 Å². The van der Waals surface area contributed by atoms with Crippen molar-refractivity contribution in [3.8, 4) is 0 Å². The zero-order valence-corrected chi connectivity index (χ0v) is 8.96. The number of Topliss-reactive ketones (excluding diaryl/α,β-unsaturated/α-hetero) is 1. The van der Waals surface area contributed by atoms with Gasteiger partial charge in [0, 0.05) is 18.9 Å². The van der Waals surface area contributed by atoms with E-state index in [1.165, 1.54) is 0 Å². The Morgan fingerprint density at radius 3 is 2.88 bits per heavy atom. The highest BCUT2D eigenvalue weighted by molar-refractivity contribution is 6.27. The van der Waals surface area contributed by atoms with Crippen LogP contribution in [-0.2, 0) is 14.3 Å². The van der Waals surface area contributed by atoms with Crippen molar-refractivity contribution in [2.75, 3.05) is 6.54 Å². The Balaban J connectivity index is 2.68. The first-order valence-electron chi connectivity index (χ1n) is 4.99. The average Bonchev–Trinajstić information content (AvgIpc) is 2.63. The smallest absolute Gasteiger partial charge is 0.405 e. The summed E-state index contributed by atoms with van der Waals surface area (Å²) in [6.45, 7) is 0.523. The number of carbonyl (C=O) groups excluding carboxylic acids is 3. The molecule has 0 saturated carbocycles. The molecule has 0 aromatic rings. The SMILES string of the molecule is [N-]=[N+]=CC(=O)C(CC1CCNC1=O)OC(N)=O. The molecule has 1 heterocycles. The van der Waals surface area contributed by atoms with Gasteiger partial charge in [-0.1, -0.05) is 0 Å². The summed E-state index contributed by atoms with van der Waals surface area (Å²) >= 11 is 0. The van der Waals surface area contributed by atoms with Crippen LogP contribution in [0.5, 0.6) is 0 Å². The highest BCUT2D eigenvalue weighted by atomic mass is 16.6. The van der Waals surface area contributed by atoms with Crippen molar-refractivity contribution < 1.29 is 23.9 Å². The molecular formula is C9H12N4O4. The van der Waals surface area contributed by atoms with Gasteiger partial charge in [-0.15, -0.1) is 0 Å². The number of nitrogens with one attached hydrogen (secondary N) is 1. The molecule has 0 bridgehead atoms. The molecule has 1 saturated heterocycles. The van der Waals surface area contributed by atoms with Gasteiger partial charge in [-0.2, -0.15) is 4.79 Å². The lowest BCUT2D eigenvalue weighted by Gasteiger charge is -2.14. The van der Waals surface area contributed by atoms with Crippen molar-refractivity contribution >= 4 is 24.0 Å². The van der Waals surface area contributed by atoms with Gasteiger partial charge in [-0.05, 0) is 6.42 Å². The Kier molecular flexibility index (Phi) is 4.36. The lowest BCUT2D eigenvalue weighted by molar-refractivity contribution is -0.127. The number of hydrogen-bond donors (Lipinski definition) is 2. The maximum atomic E-state index is 11.4. The molecule has 2 atom stereocenters. The molecule has 1 aliphatic rings. The maximum Gasteiger partial charge on any atom is 0.405 e. The molecule has 3 N–H and O–H groups in total. The van der Waals surface area contributed by atoms with Crippen LogP contribution in [0.2, 0.25) is 0 Å². The molecule has 8 heteroatoms. The van der Waals surface area contributed by atoms with Crippen molar-refractivity contribution in [2.45, 2.75) is 18.9 Å². The second-order valence-corrected chi connectivity index (χ2v) is 3.58. The van der Waals surface area contributed by atoms with E-state index in [9.17, 15) is 14.4 Å². The van der Waals surface area contributed by atoms with Crippen LogP contribution in [0.3, 0.4) is 0 Å². The summed E-state index contributed by atoms with van der Waals surface area (Å²) < 4.78 is 4.58. The van der Waals surface area contributed by atoms with E-state index in [1.807, 2.05) is 0 Å². The van der Waals surface area contributed by atoms with Crippen molar-refractivity contribution in [2.24, 2.45) is 11.7 Å². The summed E-state index contributed by atoms with van der Waals surface area (Å²) in [4.78, 5) is 35.9. The van der Waals surface area contributed by atoms with Crippen LogP contribution in [0, 0.1) is 5.92 Å². The van der Waals surface area contributed by atoms with E-state index in [-0.39, 0.29) is 12.3 Å². The Morgan fingerprint density at radius 2 is 2.41 bits per heavy atom. The van der Waals surface area contributed by atoms with Gasteiger partial charge in [0.15, 0.2) is 6.10 Å². The van der Waals surface area contributed by atoms with E-state index in [0.29, 0.717) is 19.2 Å². The number of amides is 2. The van der Waals surface area contributed by atoms with Gasteiger partial charge < -0.3 is 21.3 Å². The zero-order valence-electron chi connectivity index (χ0n) is 8.96. The maximum absolute atomic E-state index is 11.4. The summed E-state index contributed by atoms with van der Waals surface area (Å²) in [6.07, 6.45) is -1.12. The Labute approximate surface area is 96.7 Å². The van der Waals surface area contributed by atoms with E-state index < -0.39 is 23.9 Å². The first-order chi connectivity index (χ1) is 8.04. The van der Waals surface area contributed by atoms with Crippen LogP contribution in [0.4, 0.5) is 4.79 Å². The molecule has 0 aromatic carbocycles. The molecule has 0 spiro atoms. The van der Waals surface area contributed by atoms with Crippen LogP contribution in [0.1, 0.15) is 12.8 Å². The Morgan fingerprint density at radius 1 is 1.71 bits per heavy atom. The largest absolute Gasteiger partial charge is 0.438 e. The summed E-state index contributed by atoms with van der Waals surface area (Å²) in [5, 5.41) is 2.59. The van der Waals surface area contributed by atoms with Gasteiger partial charge in [0.1, 0.15) is 0 Å². The van der Waals surface area contributed by atoms with Gasteiger partial charge in [-0.3, -0.25) is 9.59 Å². The summed E-state index contributed by atoms with van der Waals surface area (Å²) in [6, 6.07) is 0. The fraction of sp³-hybridized carbons (Fsp3) is 0.556. The normalized spacial score (nSPS) is 20.0. The number of ether oxygens (including phenoxy) is 1. The summed E-state index contributed by atoms with van der Waals surface area (Å²) in [5.74, 6) is -1.32. The topological polar surface area (TPSA) is 135 Å². The molecule has 1 aliphatic heterocycles. The highest BCUT2D eigenvalue weighted by Gasteiger charge is 2.32. The molecule has 0 aliphatic carbocycles. The predicted octanol–water partition coefficient (Wildman–Crippen LogP) is -1.15. The van der Waals surface area contributed by atoms with Gasteiger partial charge in [0.2, 0.25) is 5.91 Å². The minimum atomic E-state index is -1.20. The number of rotatable bonds is 5. The summed E-state index contributed by atoms with van der Waals surface area (Å²) in [7, 11) is 0. The third-order valence-electron chi connectivity index (χ3n) is 2.42. The summed E-state index contributed by atoms with van der Waals surface area (Å²) in [5.41, 5.74) is 13.0. The van der Waals surface area contributed by atoms with Gasteiger partial charge >= 0.3 is 12.3 Å². The Hall–Kier alpha value is -2.21. The second-order valence-electron chi connectivity index (χ2n) is 3.58. The third-order valence-corrected chi connectivity index (χ3v) is 2.42. The van der Waals surface area contributed by atoms with E-state index >= 15 is 0 Å². The molecule has 2 unspecified atom stereocenters. The number of hydrogen-bond acceptors (Lipinski definition) is 4. The molecule has 2 amide bonds. The minimum Gasteiger partial charge on any atom is -0.438 e. The van der Waals surface area contributed by atoms with Crippen LogP contribution >= 0.6 is 0 Å². The molecule has 92 valence electrons. The van der Waals surface area contributed by atoms with Crippen molar-refractivity contribution in [3.05, 3.63) is 5.53 Å². The van der Waals surface area contributed by atoms with Crippen molar-refractivity contribution in [3.63, 3.8) is 0 Å². The number of nitrogens with zero attached hydrogens (tertiary/aromatic N) is 2. The van der Waals surface area contributed by atoms with Crippen LogP contribution in [0.25, 0.3) is 5.53 Å². The molecule has 17 heavy (non-hydrogen) atoms. The third kappa shape index (κ3) is 3.69. The zero-order chi connectivity index (χ0) is 12.8. The molecule has 1 rings (SSSR count). The number of ketones is 1. The monoisotopic (exact) mass is 240 g/mol.